The summed E-state index contributed by atoms with van der Waals surface area (Å²) in [6.45, 7) is 1.19. The van der Waals surface area contributed by atoms with Crippen molar-refractivity contribution in [2.45, 2.75) is 25.9 Å². The van der Waals surface area contributed by atoms with Gasteiger partial charge in [0, 0.05) is 5.56 Å². The lowest BCUT2D eigenvalue weighted by Crippen LogP contribution is -2.29. The molecule has 3 aromatic rings. The summed E-state index contributed by atoms with van der Waals surface area (Å²) in [5.74, 6) is -0.435. The molecule has 3 rings (SSSR count). The predicted molar refractivity (Wildman–Crippen MR) is 83.0 cm³/mol. The van der Waals surface area contributed by atoms with Gasteiger partial charge in [0.2, 0.25) is 0 Å². The first-order valence-electron chi connectivity index (χ1n) is 7.05. The van der Waals surface area contributed by atoms with E-state index in [1.807, 2.05) is 0 Å². The second kappa shape index (κ2) is 6.27. The Hall–Kier alpha value is -2.35. The molecule has 2 heterocycles. The summed E-state index contributed by atoms with van der Waals surface area (Å²) in [7, 11) is 0. The molecule has 0 aliphatic heterocycles. The van der Waals surface area contributed by atoms with Gasteiger partial charge in [0.15, 0.2) is 5.52 Å². The van der Waals surface area contributed by atoms with Crippen LogP contribution in [0.5, 0.6) is 0 Å². The first-order valence-corrected chi connectivity index (χ1v) is 7.43. The van der Waals surface area contributed by atoms with Gasteiger partial charge in [-0.3, -0.25) is 4.79 Å². The van der Waals surface area contributed by atoms with E-state index >= 15 is 0 Å². The molecule has 24 heavy (non-hydrogen) atoms. The van der Waals surface area contributed by atoms with Crippen molar-refractivity contribution < 1.29 is 13.2 Å². The van der Waals surface area contributed by atoms with Gasteiger partial charge >= 0.3 is 0 Å². The lowest BCUT2D eigenvalue weighted by atomic mass is 10.2. The summed E-state index contributed by atoms with van der Waals surface area (Å²) >= 11 is 6.17. The maximum absolute atomic E-state index is 13.8. The van der Waals surface area contributed by atoms with Gasteiger partial charge in [0.05, 0.1) is 18.1 Å². The average molecular weight is 357 g/mol. The van der Waals surface area contributed by atoms with Crippen LogP contribution in [0.4, 0.5) is 13.2 Å². The van der Waals surface area contributed by atoms with Crippen molar-refractivity contribution in [3.8, 4) is 0 Å². The maximum Gasteiger partial charge on any atom is 0.295 e. The van der Waals surface area contributed by atoms with Crippen LogP contribution < -0.4 is 5.56 Å². The van der Waals surface area contributed by atoms with Crippen LogP contribution in [0.15, 0.2) is 35.3 Å². The molecular weight excluding hydrogens is 345 g/mol. The molecule has 0 fully saturated rings. The molecule has 0 spiro atoms. The van der Waals surface area contributed by atoms with Gasteiger partial charge < -0.3 is 0 Å². The molecule has 5 nitrogen and oxygen atoms in total. The molecule has 0 bridgehead atoms. The summed E-state index contributed by atoms with van der Waals surface area (Å²) in [5.41, 5.74) is -0.519. The summed E-state index contributed by atoms with van der Waals surface area (Å²) in [5, 5.41) is 8.11. The van der Waals surface area contributed by atoms with Crippen molar-refractivity contribution in [1.82, 2.24) is 19.6 Å². The minimum atomic E-state index is -2.75. The molecule has 0 N–H and O–H groups in total. The Morgan fingerprint density at radius 2 is 2.00 bits per heavy atom. The average Bonchev–Trinajstić information content (AvgIpc) is 2.87. The number of hydrogen-bond donors (Lipinski definition) is 0. The van der Waals surface area contributed by atoms with Crippen LogP contribution in [-0.2, 0) is 6.54 Å². The minimum absolute atomic E-state index is 0.00400. The normalized spacial score (nSPS) is 12.9. The number of rotatable bonds is 4. The quantitative estimate of drug-likeness (QED) is 0.721. The van der Waals surface area contributed by atoms with Gasteiger partial charge in [-0.1, -0.05) is 29.8 Å². The smallest absolute Gasteiger partial charge is 0.265 e. The van der Waals surface area contributed by atoms with Gasteiger partial charge in [-0.25, -0.2) is 22.5 Å². The topological polar surface area (TPSA) is 52.7 Å². The van der Waals surface area contributed by atoms with Crippen molar-refractivity contribution in [2.75, 3.05) is 0 Å². The third-order valence-electron chi connectivity index (χ3n) is 3.67. The van der Waals surface area contributed by atoms with E-state index in [2.05, 4.69) is 10.2 Å². The number of hydrogen-bond acceptors (Lipinski definition) is 3. The summed E-state index contributed by atoms with van der Waals surface area (Å²) in [4.78, 5) is 12.3. The van der Waals surface area contributed by atoms with Crippen LogP contribution in [-0.4, -0.2) is 26.0 Å². The van der Waals surface area contributed by atoms with Crippen molar-refractivity contribution in [3.05, 3.63) is 57.3 Å². The van der Waals surface area contributed by atoms with Crippen LogP contribution in [0.2, 0.25) is 5.15 Å². The lowest BCUT2D eigenvalue weighted by molar-refractivity contribution is 0.0832. The minimum Gasteiger partial charge on any atom is -0.265 e. The van der Waals surface area contributed by atoms with E-state index in [0.29, 0.717) is 10.2 Å². The number of nitrogens with zero attached hydrogens (tertiary/aromatic N) is 4. The zero-order valence-corrected chi connectivity index (χ0v) is 13.2. The predicted octanol–water partition coefficient (Wildman–Crippen LogP) is 3.26. The molecular formula is C15H12ClF3N4O. The zero-order chi connectivity index (χ0) is 17.4. The summed E-state index contributed by atoms with van der Waals surface area (Å²) in [6, 6.07) is 4.68. The molecule has 0 saturated heterocycles. The maximum atomic E-state index is 13.8. The Kier molecular flexibility index (Phi) is 4.31. The van der Waals surface area contributed by atoms with E-state index in [1.54, 1.807) is 18.2 Å². The van der Waals surface area contributed by atoms with Gasteiger partial charge in [0.1, 0.15) is 17.0 Å². The van der Waals surface area contributed by atoms with Crippen LogP contribution in [0.25, 0.3) is 10.9 Å². The molecule has 1 atom stereocenters. The Bertz CT molecular complexity index is 954. The Morgan fingerprint density at radius 3 is 2.67 bits per heavy atom. The number of benzene rings is 1. The molecule has 0 saturated carbocycles. The molecule has 0 aliphatic carbocycles. The van der Waals surface area contributed by atoms with E-state index in [1.165, 1.54) is 23.9 Å². The lowest BCUT2D eigenvalue weighted by Gasteiger charge is -2.11. The molecule has 9 heteroatoms. The second-order valence-corrected chi connectivity index (χ2v) is 5.63. The van der Waals surface area contributed by atoms with E-state index in [0.717, 1.165) is 0 Å². The van der Waals surface area contributed by atoms with Crippen LogP contribution in [0.3, 0.4) is 0 Å². The third-order valence-corrected chi connectivity index (χ3v) is 4.07. The highest BCUT2D eigenvalue weighted by Crippen LogP contribution is 2.23. The standard InChI is InChI=1S/C15H12ClF3N4O/c1-8(14(18)19)23-15(24)12-10(6-20-23)13(16)22(21-12)7-9-4-2-3-5-11(9)17/h2-6,8,14H,7H2,1H3/t8-/m0/s1. The molecule has 1 aromatic carbocycles. The summed E-state index contributed by atoms with van der Waals surface area (Å²) in [6.07, 6.45) is -1.54. The monoisotopic (exact) mass is 356 g/mol. The molecule has 126 valence electrons. The number of alkyl halides is 2. The Balaban J connectivity index is 2.09. The fourth-order valence-corrected chi connectivity index (χ4v) is 2.53. The molecule has 2 aromatic heterocycles. The number of fused-ring (bicyclic) bond motifs is 1. The highest BCUT2D eigenvalue weighted by Gasteiger charge is 2.22. The third kappa shape index (κ3) is 2.77. The second-order valence-electron chi connectivity index (χ2n) is 5.27. The largest absolute Gasteiger partial charge is 0.295 e. The van der Waals surface area contributed by atoms with Gasteiger partial charge in [-0.05, 0) is 13.0 Å². The van der Waals surface area contributed by atoms with E-state index in [-0.39, 0.29) is 22.6 Å². The van der Waals surface area contributed by atoms with Crippen molar-refractivity contribution in [1.29, 1.82) is 0 Å². The van der Waals surface area contributed by atoms with E-state index in [4.69, 9.17) is 11.6 Å². The summed E-state index contributed by atoms with van der Waals surface area (Å²) < 4.78 is 41.3. The SMILES string of the molecule is C[C@@H](C(F)F)n1ncc2c(Cl)n(Cc3ccccc3F)nc2c1=O. The highest BCUT2D eigenvalue weighted by molar-refractivity contribution is 6.34. The molecule has 0 radical (unpaired) electrons. The first-order chi connectivity index (χ1) is 11.4. The molecule has 0 aliphatic rings. The molecule has 0 amide bonds. The van der Waals surface area contributed by atoms with E-state index < -0.39 is 23.8 Å². The first kappa shape index (κ1) is 16.5. The van der Waals surface area contributed by atoms with Crippen molar-refractivity contribution in [3.63, 3.8) is 0 Å². The van der Waals surface area contributed by atoms with Gasteiger partial charge in [-0.2, -0.15) is 10.2 Å². The van der Waals surface area contributed by atoms with Crippen LogP contribution >= 0.6 is 11.6 Å². The van der Waals surface area contributed by atoms with Crippen molar-refractivity contribution >= 4 is 22.5 Å². The fourth-order valence-electron chi connectivity index (χ4n) is 2.30. The molecule has 0 unspecified atom stereocenters. The Morgan fingerprint density at radius 1 is 1.29 bits per heavy atom. The zero-order valence-electron chi connectivity index (χ0n) is 12.5. The van der Waals surface area contributed by atoms with Crippen LogP contribution in [0.1, 0.15) is 18.5 Å². The van der Waals surface area contributed by atoms with Crippen molar-refractivity contribution in [2.24, 2.45) is 0 Å². The van der Waals surface area contributed by atoms with Gasteiger partial charge in [0.25, 0.3) is 12.0 Å². The van der Waals surface area contributed by atoms with E-state index in [9.17, 15) is 18.0 Å². The van der Waals surface area contributed by atoms with Gasteiger partial charge in [-0.15, -0.1) is 0 Å². The highest BCUT2D eigenvalue weighted by atomic mass is 35.5. The Labute approximate surface area is 139 Å². The number of halogens is 4. The fraction of sp³-hybridized carbons (Fsp3) is 0.267. The van der Waals surface area contributed by atoms with Crippen LogP contribution in [0, 0.1) is 5.82 Å². The number of aromatic nitrogens is 4.